The molecule has 0 N–H and O–H groups in total. The van der Waals surface area contributed by atoms with Crippen molar-refractivity contribution in [2.75, 3.05) is 19.0 Å². The molecule has 0 radical (unpaired) electrons. The highest BCUT2D eigenvalue weighted by Gasteiger charge is 2.27. The van der Waals surface area contributed by atoms with E-state index >= 15 is 0 Å². The zero-order chi connectivity index (χ0) is 18.0. The summed E-state index contributed by atoms with van der Waals surface area (Å²) < 4.78 is 0. The second-order valence-electron chi connectivity index (χ2n) is 8.10. The first-order chi connectivity index (χ1) is 11.2. The van der Waals surface area contributed by atoms with Gasteiger partial charge in [0.2, 0.25) is 0 Å². The maximum atomic E-state index is 11.9. The lowest BCUT2D eigenvalue weighted by Gasteiger charge is -2.25. The Bertz CT molecular complexity index is 677. The first-order valence-electron chi connectivity index (χ1n) is 8.49. The third kappa shape index (κ3) is 4.05. The summed E-state index contributed by atoms with van der Waals surface area (Å²) >= 11 is 0. The summed E-state index contributed by atoms with van der Waals surface area (Å²) in [5, 5.41) is 0. The highest BCUT2D eigenvalue weighted by molar-refractivity contribution is 5.69. The molecule has 2 nitrogen and oxygen atoms in total. The van der Waals surface area contributed by atoms with E-state index in [-0.39, 0.29) is 5.41 Å². The Morgan fingerprint density at radius 3 is 1.75 bits per heavy atom. The normalized spacial score (nSPS) is 14.1. The predicted molar refractivity (Wildman–Crippen MR) is 103 cm³/mol. The molecule has 2 heteroatoms. The van der Waals surface area contributed by atoms with E-state index in [1.165, 1.54) is 11.1 Å². The molecule has 0 fully saturated rings. The van der Waals surface area contributed by atoms with Crippen LogP contribution in [0.1, 0.15) is 44.4 Å². The van der Waals surface area contributed by atoms with Crippen LogP contribution in [-0.2, 0) is 22.0 Å². The largest absolute Gasteiger partial charge is 0.378 e. The summed E-state index contributed by atoms with van der Waals surface area (Å²) in [6.07, 6.45) is 1.79. The van der Waals surface area contributed by atoms with E-state index in [1.54, 1.807) is 0 Å². The summed E-state index contributed by atoms with van der Waals surface area (Å²) in [4.78, 5) is 13.9. The van der Waals surface area contributed by atoms with Crippen molar-refractivity contribution in [3.05, 3.63) is 65.2 Å². The fourth-order valence-electron chi connectivity index (χ4n) is 2.90. The Morgan fingerprint density at radius 2 is 1.33 bits per heavy atom. The van der Waals surface area contributed by atoms with Crippen molar-refractivity contribution >= 4 is 12.0 Å². The molecule has 2 aromatic rings. The average molecular weight is 323 g/mol. The molecule has 1 unspecified atom stereocenters. The van der Waals surface area contributed by atoms with Gasteiger partial charge in [0.25, 0.3) is 0 Å². The minimum Gasteiger partial charge on any atom is -0.378 e. The van der Waals surface area contributed by atoms with Crippen molar-refractivity contribution in [3.63, 3.8) is 0 Å². The molecule has 0 saturated carbocycles. The van der Waals surface area contributed by atoms with Crippen LogP contribution in [-0.4, -0.2) is 20.4 Å². The number of aldehydes is 1. The van der Waals surface area contributed by atoms with Gasteiger partial charge in [-0.25, -0.2) is 0 Å². The van der Waals surface area contributed by atoms with Crippen LogP contribution in [0, 0.1) is 0 Å². The van der Waals surface area contributed by atoms with Crippen LogP contribution >= 0.6 is 0 Å². The standard InChI is InChI=1S/C22H29NO/c1-21(2,3)18-9-7-17(8-10-18)15-22(4,16-24)19-11-13-20(14-12-19)23(5)6/h7-14,16H,15H2,1-6H3. The van der Waals surface area contributed by atoms with Crippen molar-refractivity contribution in [2.24, 2.45) is 0 Å². The van der Waals surface area contributed by atoms with Crippen LogP contribution < -0.4 is 4.90 Å². The number of benzene rings is 2. The fraction of sp³-hybridized carbons (Fsp3) is 0.409. The third-order valence-corrected chi connectivity index (χ3v) is 4.69. The zero-order valence-corrected chi connectivity index (χ0v) is 15.8. The molecule has 0 aromatic heterocycles. The van der Waals surface area contributed by atoms with Crippen LogP contribution in [0.5, 0.6) is 0 Å². The molecule has 2 rings (SSSR count). The van der Waals surface area contributed by atoms with Gasteiger partial charge in [-0.3, -0.25) is 0 Å². The van der Waals surface area contributed by atoms with Gasteiger partial charge >= 0.3 is 0 Å². The molecule has 0 aliphatic carbocycles. The highest BCUT2D eigenvalue weighted by atomic mass is 16.1. The van der Waals surface area contributed by atoms with E-state index in [9.17, 15) is 4.79 Å². The van der Waals surface area contributed by atoms with E-state index < -0.39 is 5.41 Å². The number of hydrogen-bond acceptors (Lipinski definition) is 2. The van der Waals surface area contributed by atoms with E-state index in [0.29, 0.717) is 6.42 Å². The van der Waals surface area contributed by atoms with Gasteiger partial charge in [0.05, 0.1) is 5.41 Å². The number of nitrogens with zero attached hydrogens (tertiary/aromatic N) is 1. The van der Waals surface area contributed by atoms with E-state index in [0.717, 1.165) is 17.5 Å². The Kier molecular flexibility index (Phi) is 5.17. The molecule has 128 valence electrons. The van der Waals surface area contributed by atoms with Gasteiger partial charge in [-0.2, -0.15) is 0 Å². The summed E-state index contributed by atoms with van der Waals surface area (Å²) in [5.74, 6) is 0. The molecule has 0 bridgehead atoms. The Balaban J connectivity index is 2.25. The monoisotopic (exact) mass is 323 g/mol. The molecule has 0 saturated heterocycles. The molecule has 0 spiro atoms. The maximum Gasteiger partial charge on any atom is 0.130 e. The van der Waals surface area contributed by atoms with E-state index in [1.807, 2.05) is 21.0 Å². The number of rotatable bonds is 5. The number of carbonyl (C=O) groups is 1. The smallest absolute Gasteiger partial charge is 0.130 e. The molecular formula is C22H29NO. The summed E-state index contributed by atoms with van der Waals surface area (Å²) in [6.45, 7) is 8.65. The first kappa shape index (κ1) is 18.3. The molecular weight excluding hydrogens is 294 g/mol. The van der Waals surface area contributed by atoms with Crippen LogP contribution in [0.2, 0.25) is 0 Å². The SMILES string of the molecule is CN(C)c1ccc(C(C)(C=O)Cc2ccc(C(C)(C)C)cc2)cc1. The quantitative estimate of drug-likeness (QED) is 0.740. The lowest BCUT2D eigenvalue weighted by molar-refractivity contribution is -0.112. The predicted octanol–water partition coefficient (Wildman–Crippen LogP) is 4.75. The zero-order valence-electron chi connectivity index (χ0n) is 15.8. The van der Waals surface area contributed by atoms with Gasteiger partial charge in [0.1, 0.15) is 6.29 Å². The van der Waals surface area contributed by atoms with Crippen molar-refractivity contribution < 1.29 is 4.79 Å². The van der Waals surface area contributed by atoms with Gasteiger partial charge < -0.3 is 9.69 Å². The summed E-state index contributed by atoms with van der Waals surface area (Å²) in [7, 11) is 4.04. The average Bonchev–Trinajstić information content (AvgIpc) is 2.54. The van der Waals surface area contributed by atoms with Crippen molar-refractivity contribution in [1.82, 2.24) is 0 Å². The first-order valence-corrected chi connectivity index (χ1v) is 8.49. The molecule has 0 aliphatic heterocycles. The van der Waals surface area contributed by atoms with E-state index in [4.69, 9.17) is 0 Å². The van der Waals surface area contributed by atoms with Crippen LogP contribution in [0.3, 0.4) is 0 Å². The Hall–Kier alpha value is -2.09. The third-order valence-electron chi connectivity index (χ3n) is 4.69. The van der Waals surface area contributed by atoms with Gasteiger partial charge in [0.15, 0.2) is 0 Å². The van der Waals surface area contributed by atoms with Crippen molar-refractivity contribution in [3.8, 4) is 0 Å². The number of carbonyl (C=O) groups excluding carboxylic acids is 1. The molecule has 2 aromatic carbocycles. The summed E-state index contributed by atoms with van der Waals surface area (Å²) in [6, 6.07) is 16.9. The van der Waals surface area contributed by atoms with Crippen molar-refractivity contribution in [1.29, 1.82) is 0 Å². The highest BCUT2D eigenvalue weighted by Crippen LogP contribution is 2.29. The molecule has 0 amide bonds. The second-order valence-corrected chi connectivity index (χ2v) is 8.10. The maximum absolute atomic E-state index is 11.9. The van der Waals surface area contributed by atoms with Crippen LogP contribution in [0.25, 0.3) is 0 Å². The molecule has 24 heavy (non-hydrogen) atoms. The molecule has 0 heterocycles. The summed E-state index contributed by atoms with van der Waals surface area (Å²) in [5.41, 5.74) is 4.34. The second kappa shape index (κ2) is 6.80. The molecule has 0 aliphatic rings. The number of anilines is 1. The Labute approximate surface area is 146 Å². The van der Waals surface area contributed by atoms with Gasteiger partial charge in [-0.05, 0) is 47.6 Å². The molecule has 1 atom stereocenters. The van der Waals surface area contributed by atoms with Crippen LogP contribution in [0.4, 0.5) is 5.69 Å². The number of hydrogen-bond donors (Lipinski definition) is 0. The lowest BCUT2D eigenvalue weighted by atomic mass is 9.78. The van der Waals surface area contributed by atoms with Gasteiger partial charge in [-0.1, -0.05) is 57.2 Å². The van der Waals surface area contributed by atoms with Crippen molar-refractivity contribution in [2.45, 2.75) is 44.9 Å². The van der Waals surface area contributed by atoms with Gasteiger partial charge in [-0.15, -0.1) is 0 Å². The Morgan fingerprint density at radius 1 is 0.833 bits per heavy atom. The van der Waals surface area contributed by atoms with Crippen LogP contribution in [0.15, 0.2) is 48.5 Å². The topological polar surface area (TPSA) is 20.3 Å². The minimum absolute atomic E-state index is 0.147. The lowest BCUT2D eigenvalue weighted by Crippen LogP contribution is -2.27. The van der Waals surface area contributed by atoms with E-state index in [2.05, 4.69) is 74.2 Å². The fourth-order valence-corrected chi connectivity index (χ4v) is 2.90. The minimum atomic E-state index is -0.506. The van der Waals surface area contributed by atoms with Gasteiger partial charge in [0, 0.05) is 19.8 Å².